The van der Waals surface area contributed by atoms with Gasteiger partial charge in [0.15, 0.2) is 10.3 Å². The van der Waals surface area contributed by atoms with Crippen molar-refractivity contribution >= 4 is 111 Å². The third-order valence-corrected chi connectivity index (χ3v) is 17.1. The lowest BCUT2D eigenvalue weighted by molar-refractivity contribution is -0.124. The number of nitrogens with zero attached hydrogens (tertiary/aromatic N) is 5. The quantitative estimate of drug-likeness (QED) is 0.0798. The Balaban J connectivity index is -0.000000428. The van der Waals surface area contributed by atoms with E-state index in [1.807, 2.05) is 84.4 Å². The second-order valence-corrected chi connectivity index (χ2v) is 34.4. The molecule has 0 N–H and O–H groups in total. The number of aromatic nitrogens is 5. The number of ketones is 1. The fraction of sp³-hybridized carbons (Fsp3) is 0.797. The minimum absolute atomic E-state index is 0. The van der Waals surface area contributed by atoms with Gasteiger partial charge in [0.25, 0.3) is 0 Å². The predicted octanol–water partition coefficient (Wildman–Crippen LogP) is 20.7. The van der Waals surface area contributed by atoms with Crippen LogP contribution in [-0.2, 0) is 16.3 Å². The highest BCUT2D eigenvalue weighted by Crippen LogP contribution is 2.28. The molecular weight excluding hydrogens is 1050 g/mol. The summed E-state index contributed by atoms with van der Waals surface area (Å²) in [6.45, 7) is 58.7. The number of carbonyl (C=O) groups excluding carboxylic acids is 1. The van der Waals surface area contributed by atoms with Gasteiger partial charge in [-0.15, -0.1) is 0 Å². The monoisotopic (exact) mass is 1160 g/mol. The minimum Gasteiger partial charge on any atom is -0.299 e. The molecule has 0 fully saturated rings. The van der Waals surface area contributed by atoms with E-state index in [4.69, 9.17) is 9.97 Å². The van der Waals surface area contributed by atoms with E-state index >= 15 is 0 Å². The number of hydrogen-bond acceptors (Lipinski definition) is 14. The summed E-state index contributed by atoms with van der Waals surface area (Å²) in [6.07, 6.45) is 0. The van der Waals surface area contributed by atoms with Crippen molar-refractivity contribution in [1.82, 2.24) is 24.9 Å². The summed E-state index contributed by atoms with van der Waals surface area (Å²) in [7, 11) is 0. The number of Topliss-reactive ketones (excluding diaryl/α,β-unsaturated/α-hetero) is 1. The average Bonchev–Trinajstić information content (AvgIpc) is 3.24. The number of benzene rings is 1. The van der Waals surface area contributed by atoms with Gasteiger partial charge in [0.05, 0.1) is 22.4 Å². The lowest BCUT2D eigenvalue weighted by atomic mass is 9.99. The van der Waals surface area contributed by atoms with Crippen LogP contribution in [0.3, 0.4) is 0 Å². The third-order valence-electron chi connectivity index (χ3n) is 8.66. The lowest BCUT2D eigenvalue weighted by Crippen LogP contribution is -2.25. The molecule has 2 aromatic heterocycles. The van der Waals surface area contributed by atoms with Crippen LogP contribution in [0.15, 0.2) is 28.5 Å². The molecule has 0 aliphatic heterocycles. The first-order valence-corrected chi connectivity index (χ1v) is 35.0. The maximum Gasteiger partial charge on any atom is 0.192 e. The van der Waals surface area contributed by atoms with Crippen LogP contribution in [0.25, 0.3) is 11.0 Å². The zero-order valence-corrected chi connectivity index (χ0v) is 57.4. The van der Waals surface area contributed by atoms with Crippen molar-refractivity contribution in [2.75, 3.05) is 23.0 Å². The van der Waals surface area contributed by atoms with E-state index < -0.39 is 0 Å². The van der Waals surface area contributed by atoms with E-state index in [-0.39, 0.29) is 19.3 Å². The molecule has 3 rings (SSSR count). The maximum absolute atomic E-state index is 12.0. The molecule has 0 saturated heterocycles. The molecule has 3 aromatic rings. The van der Waals surface area contributed by atoms with Gasteiger partial charge in [-0.25, -0.2) is 19.9 Å². The molecule has 0 aliphatic rings. The number of hydrogen-bond donors (Lipinski definition) is 0. The van der Waals surface area contributed by atoms with Crippen molar-refractivity contribution in [3.05, 3.63) is 41.0 Å². The van der Waals surface area contributed by atoms with Crippen LogP contribution in [0.1, 0.15) is 229 Å². The van der Waals surface area contributed by atoms with Crippen LogP contribution < -0.4 is 0 Å². The zero-order valence-electron chi connectivity index (χ0n) is 50.9. The number of carbonyl (C=O) groups is 1. The van der Waals surface area contributed by atoms with E-state index in [0.717, 1.165) is 78.0 Å². The Kier molecular flexibility index (Phi) is 51.1. The van der Waals surface area contributed by atoms with Gasteiger partial charge in [-0.05, 0) is 72.5 Å². The van der Waals surface area contributed by atoms with Gasteiger partial charge in [-0.2, -0.15) is 75.6 Å². The maximum atomic E-state index is 12.0. The van der Waals surface area contributed by atoms with Gasteiger partial charge < -0.3 is 0 Å². The molecule has 0 radical (unpaired) electrons. The van der Waals surface area contributed by atoms with Gasteiger partial charge in [0.1, 0.15) is 11.6 Å². The third kappa shape index (κ3) is 46.6. The van der Waals surface area contributed by atoms with Crippen molar-refractivity contribution in [3.8, 4) is 0 Å². The summed E-state index contributed by atoms with van der Waals surface area (Å²) in [6, 6.07) is 6.51. The van der Waals surface area contributed by atoms with Crippen molar-refractivity contribution in [1.29, 1.82) is 0 Å². The number of thioether (sulfide) groups is 8. The second-order valence-electron chi connectivity index (χ2n) is 21.2. The van der Waals surface area contributed by atoms with Crippen molar-refractivity contribution in [2.24, 2.45) is 17.8 Å². The summed E-state index contributed by atoms with van der Waals surface area (Å²) < 4.78 is 0. The molecular formula is C59H113N5OS8. The number of fused-ring (bicyclic) bond motifs is 1. The van der Waals surface area contributed by atoms with Crippen LogP contribution in [0.4, 0.5) is 0 Å². The molecule has 73 heavy (non-hydrogen) atoms. The molecule has 428 valence electrons. The molecule has 1 aromatic carbocycles. The Bertz CT molecular complexity index is 1730. The summed E-state index contributed by atoms with van der Waals surface area (Å²) in [5.41, 5.74) is 5.70. The second kappa shape index (κ2) is 46.9. The smallest absolute Gasteiger partial charge is 0.192 e. The highest BCUT2D eigenvalue weighted by atomic mass is 32.2. The van der Waals surface area contributed by atoms with Crippen molar-refractivity contribution < 1.29 is 4.79 Å². The van der Waals surface area contributed by atoms with Crippen LogP contribution >= 0.6 is 94.1 Å². The van der Waals surface area contributed by atoms with Crippen LogP contribution in [0, 0.1) is 17.8 Å². The Morgan fingerprint density at radius 1 is 0.438 bits per heavy atom. The average molecular weight is 1170 g/mol. The molecule has 0 spiro atoms. The molecule has 14 heteroatoms. The summed E-state index contributed by atoms with van der Waals surface area (Å²) in [5.74, 6) is 9.78. The SMILES string of the molecule is C.CC(C)C.CC(C)SCC(CSC(C)C)C(=O)C(C)C.CC(C)SCc1nc2ccc(C(C)C)cc2nc1CSC(C)C.CC(C)Sc1nc(SC(C)C)nc(C(C)C)n1.CCSC(C)C.CCSC(C)C. The molecule has 2 heterocycles. The molecule has 0 bridgehead atoms. The summed E-state index contributed by atoms with van der Waals surface area (Å²) in [5, 5.41) is 6.77. The standard InChI is InChI=1S/C19H28N2S2.C13H26OS2.C12H21N3S2.2C5H12S.C4H10.CH4/c1-12(2)15-7-8-16-17(9-15)21-19(11-23-14(5)6)18(20-16)10-22-13(3)4;1-9(2)13(14)12(7-15-10(3)4)8-16-11(5)6;1-7(2)10-13-11(16-8(3)4)15-12(14-10)17-9(5)6;2*1-4-6-5(2)3;1-4(2)3;/h7-9,12-14H,10-11H2,1-6H3;9-12H,7-8H2,1-6H3;7-9H,1-6H3;2*5H,4H2,1-3H3;4H,1-3H3;1H4. The van der Waals surface area contributed by atoms with Crippen molar-refractivity contribution in [2.45, 2.75) is 270 Å². The molecule has 0 amide bonds. The zero-order chi connectivity index (χ0) is 56.3. The van der Waals surface area contributed by atoms with Gasteiger partial charge >= 0.3 is 0 Å². The fourth-order valence-electron chi connectivity index (χ4n) is 5.33. The first-order chi connectivity index (χ1) is 33.4. The number of rotatable bonds is 24. The van der Waals surface area contributed by atoms with E-state index in [1.165, 1.54) is 17.1 Å². The van der Waals surface area contributed by atoms with Gasteiger partial charge in [-0.3, -0.25) is 4.79 Å². The molecule has 6 nitrogen and oxygen atoms in total. The van der Waals surface area contributed by atoms with E-state index in [9.17, 15) is 4.79 Å². The normalized spacial score (nSPS) is 11.3. The molecule has 0 atom stereocenters. The topological polar surface area (TPSA) is 81.5 Å². The Morgan fingerprint density at radius 2 is 0.795 bits per heavy atom. The Labute approximate surface area is 488 Å². The predicted molar refractivity (Wildman–Crippen MR) is 355 cm³/mol. The van der Waals surface area contributed by atoms with Gasteiger partial charge in [-0.1, -0.05) is 224 Å². The molecule has 0 saturated carbocycles. The van der Waals surface area contributed by atoms with E-state index in [0.29, 0.717) is 49.1 Å². The van der Waals surface area contributed by atoms with Crippen molar-refractivity contribution in [3.63, 3.8) is 0 Å². The lowest BCUT2D eigenvalue weighted by Gasteiger charge is -2.19. The summed E-state index contributed by atoms with van der Waals surface area (Å²) >= 11 is 15.0. The van der Waals surface area contributed by atoms with Crippen LogP contribution in [-0.4, -0.2) is 95.7 Å². The Morgan fingerprint density at radius 3 is 1.07 bits per heavy atom. The highest BCUT2D eigenvalue weighted by molar-refractivity contribution is 8.01. The van der Waals surface area contributed by atoms with E-state index in [1.54, 1.807) is 23.5 Å². The fourth-order valence-corrected chi connectivity index (χ4v) is 11.5. The molecule has 0 unspecified atom stereocenters. The minimum atomic E-state index is 0. The largest absolute Gasteiger partial charge is 0.299 e. The summed E-state index contributed by atoms with van der Waals surface area (Å²) in [4.78, 5) is 35.5. The first kappa shape index (κ1) is 79.5. The van der Waals surface area contributed by atoms with Gasteiger partial charge in [0.2, 0.25) is 0 Å². The highest BCUT2D eigenvalue weighted by Gasteiger charge is 2.22. The van der Waals surface area contributed by atoms with Gasteiger partial charge in [0, 0.05) is 51.3 Å². The first-order valence-electron chi connectivity index (χ1n) is 27.0. The van der Waals surface area contributed by atoms with E-state index in [2.05, 4.69) is 206 Å². The van der Waals surface area contributed by atoms with Crippen LogP contribution in [0.5, 0.6) is 0 Å². The Hall–Kier alpha value is 0.0400. The van der Waals surface area contributed by atoms with Crippen LogP contribution in [0.2, 0.25) is 0 Å². The molecule has 0 aliphatic carbocycles.